The first-order valence-electron chi connectivity index (χ1n) is 7.10. The number of pyridine rings is 1. The third kappa shape index (κ3) is 2.76. The van der Waals surface area contributed by atoms with Gasteiger partial charge in [0.05, 0.1) is 5.69 Å². The van der Waals surface area contributed by atoms with Gasteiger partial charge in [0.25, 0.3) is 5.91 Å². The molecule has 1 aliphatic rings. The van der Waals surface area contributed by atoms with Gasteiger partial charge in [0.2, 0.25) is 0 Å². The van der Waals surface area contributed by atoms with Crippen molar-refractivity contribution in [2.75, 3.05) is 25.0 Å². The first-order valence-corrected chi connectivity index (χ1v) is 7.92. The van der Waals surface area contributed by atoms with Crippen molar-refractivity contribution < 1.29 is 4.79 Å². The van der Waals surface area contributed by atoms with Crippen LogP contribution in [0.25, 0.3) is 0 Å². The summed E-state index contributed by atoms with van der Waals surface area (Å²) in [5.41, 5.74) is 1.87. The Morgan fingerprint density at radius 2 is 2.29 bits per heavy atom. The number of carbonyl (C=O) groups excluding carboxylic acids is 1. The number of rotatable bonds is 4. The van der Waals surface area contributed by atoms with Crippen molar-refractivity contribution >= 4 is 22.4 Å². The number of thiazole rings is 1. The number of hydrogen-bond donors (Lipinski definition) is 1. The number of carbonyl (C=O) groups is 1. The molecule has 1 fully saturated rings. The van der Waals surface area contributed by atoms with E-state index in [9.17, 15) is 4.79 Å². The molecule has 2 aromatic heterocycles. The zero-order chi connectivity index (χ0) is 14.8. The van der Waals surface area contributed by atoms with Crippen LogP contribution in [0.1, 0.15) is 33.9 Å². The van der Waals surface area contributed by atoms with E-state index in [1.165, 1.54) is 11.3 Å². The molecule has 3 heterocycles. The van der Waals surface area contributed by atoms with Crippen LogP contribution in [0.4, 0.5) is 5.13 Å². The SMILES string of the molecule is CCNc1nc(C)c(C(=O)N2CC(c3ccccn3)C2)s1. The highest BCUT2D eigenvalue weighted by atomic mass is 32.1. The van der Waals surface area contributed by atoms with E-state index in [-0.39, 0.29) is 5.91 Å². The highest BCUT2D eigenvalue weighted by Gasteiger charge is 2.34. The molecule has 1 N–H and O–H groups in total. The van der Waals surface area contributed by atoms with E-state index in [0.29, 0.717) is 5.92 Å². The molecule has 0 saturated carbocycles. The van der Waals surface area contributed by atoms with Crippen molar-refractivity contribution in [1.82, 2.24) is 14.9 Å². The predicted octanol–water partition coefficient (Wildman–Crippen LogP) is 2.52. The fourth-order valence-electron chi connectivity index (χ4n) is 2.41. The predicted molar refractivity (Wildman–Crippen MR) is 83.9 cm³/mol. The van der Waals surface area contributed by atoms with Gasteiger partial charge in [-0.2, -0.15) is 0 Å². The molecule has 1 aliphatic heterocycles. The normalized spacial score (nSPS) is 14.9. The number of aromatic nitrogens is 2. The third-order valence-electron chi connectivity index (χ3n) is 3.59. The number of likely N-dealkylation sites (tertiary alicyclic amines) is 1. The fraction of sp³-hybridized carbons (Fsp3) is 0.400. The highest BCUT2D eigenvalue weighted by molar-refractivity contribution is 7.17. The molecule has 0 spiro atoms. The van der Waals surface area contributed by atoms with Gasteiger partial charge in [0.1, 0.15) is 4.88 Å². The molecule has 0 unspecified atom stereocenters. The summed E-state index contributed by atoms with van der Waals surface area (Å²) in [6.07, 6.45) is 1.80. The number of aryl methyl sites for hydroxylation is 1. The summed E-state index contributed by atoms with van der Waals surface area (Å²) in [5.74, 6) is 0.443. The van der Waals surface area contributed by atoms with Crippen molar-refractivity contribution in [1.29, 1.82) is 0 Å². The molecule has 2 aromatic rings. The molecule has 0 atom stereocenters. The maximum absolute atomic E-state index is 12.5. The number of anilines is 1. The second-order valence-electron chi connectivity index (χ2n) is 5.13. The van der Waals surface area contributed by atoms with Gasteiger partial charge < -0.3 is 10.2 Å². The second-order valence-corrected chi connectivity index (χ2v) is 6.12. The first-order chi connectivity index (χ1) is 10.2. The standard InChI is InChI=1S/C15H18N4OS/c1-3-16-15-18-10(2)13(21-15)14(20)19-8-11(9-19)12-6-4-5-7-17-12/h4-7,11H,3,8-9H2,1-2H3,(H,16,18). The largest absolute Gasteiger partial charge is 0.362 e. The minimum absolute atomic E-state index is 0.0846. The Bertz CT molecular complexity index is 634. The summed E-state index contributed by atoms with van der Waals surface area (Å²) >= 11 is 1.44. The first kappa shape index (κ1) is 14.0. The molecule has 0 radical (unpaired) electrons. The monoisotopic (exact) mass is 302 g/mol. The van der Waals surface area contributed by atoms with Crippen LogP contribution in [0, 0.1) is 6.92 Å². The van der Waals surface area contributed by atoms with Crippen molar-refractivity contribution in [2.45, 2.75) is 19.8 Å². The molecule has 1 amide bonds. The molecule has 5 nitrogen and oxygen atoms in total. The van der Waals surface area contributed by atoms with Crippen molar-refractivity contribution in [3.05, 3.63) is 40.7 Å². The lowest BCUT2D eigenvalue weighted by atomic mass is 9.95. The van der Waals surface area contributed by atoms with Gasteiger partial charge in [-0.15, -0.1) is 0 Å². The topological polar surface area (TPSA) is 58.1 Å². The summed E-state index contributed by atoms with van der Waals surface area (Å²) < 4.78 is 0. The number of nitrogens with zero attached hydrogens (tertiary/aromatic N) is 3. The average molecular weight is 302 g/mol. The summed E-state index contributed by atoms with van der Waals surface area (Å²) in [6.45, 7) is 6.20. The van der Waals surface area contributed by atoms with Gasteiger partial charge >= 0.3 is 0 Å². The van der Waals surface area contributed by atoms with Gasteiger partial charge in [-0.3, -0.25) is 9.78 Å². The lowest BCUT2D eigenvalue weighted by Gasteiger charge is -2.38. The second kappa shape index (κ2) is 5.81. The van der Waals surface area contributed by atoms with E-state index in [1.807, 2.05) is 36.9 Å². The zero-order valence-corrected chi connectivity index (χ0v) is 13.0. The summed E-state index contributed by atoms with van der Waals surface area (Å²) in [5, 5.41) is 3.98. The molecule has 110 valence electrons. The van der Waals surface area contributed by atoms with E-state index in [1.54, 1.807) is 6.20 Å². The van der Waals surface area contributed by atoms with Crippen molar-refractivity contribution in [3.8, 4) is 0 Å². The molecule has 6 heteroatoms. The van der Waals surface area contributed by atoms with E-state index in [4.69, 9.17) is 0 Å². The quantitative estimate of drug-likeness (QED) is 0.943. The smallest absolute Gasteiger partial charge is 0.265 e. The van der Waals surface area contributed by atoms with Crippen LogP contribution in [0.3, 0.4) is 0 Å². The Balaban J connectivity index is 1.65. The average Bonchev–Trinajstić information content (AvgIpc) is 2.79. The maximum Gasteiger partial charge on any atom is 0.265 e. The minimum atomic E-state index is 0.0846. The van der Waals surface area contributed by atoms with Crippen LogP contribution >= 0.6 is 11.3 Å². The number of amides is 1. The van der Waals surface area contributed by atoms with Crippen LogP contribution in [-0.2, 0) is 0 Å². The lowest BCUT2D eigenvalue weighted by molar-refractivity contribution is 0.0603. The summed E-state index contributed by atoms with van der Waals surface area (Å²) in [6, 6.07) is 5.92. The van der Waals surface area contributed by atoms with E-state index in [0.717, 1.165) is 41.0 Å². The fourth-order valence-corrected chi connectivity index (χ4v) is 3.42. The van der Waals surface area contributed by atoms with Crippen LogP contribution in [0.2, 0.25) is 0 Å². The molecule has 3 rings (SSSR count). The summed E-state index contributed by atoms with van der Waals surface area (Å²) in [7, 11) is 0. The Kier molecular flexibility index (Phi) is 3.88. The van der Waals surface area contributed by atoms with Gasteiger partial charge in [-0.25, -0.2) is 4.98 Å². The molecule has 0 aliphatic carbocycles. The molecule has 1 saturated heterocycles. The van der Waals surface area contributed by atoms with Crippen LogP contribution < -0.4 is 5.32 Å². The van der Waals surface area contributed by atoms with Gasteiger partial charge in [-0.1, -0.05) is 17.4 Å². The van der Waals surface area contributed by atoms with Crippen LogP contribution in [-0.4, -0.2) is 40.4 Å². The Morgan fingerprint density at radius 3 is 2.95 bits per heavy atom. The highest BCUT2D eigenvalue weighted by Crippen LogP contribution is 2.30. The van der Waals surface area contributed by atoms with Gasteiger partial charge in [-0.05, 0) is 26.0 Å². The van der Waals surface area contributed by atoms with Crippen molar-refractivity contribution in [2.24, 2.45) is 0 Å². The lowest BCUT2D eigenvalue weighted by Crippen LogP contribution is -2.48. The summed E-state index contributed by atoms with van der Waals surface area (Å²) in [4.78, 5) is 23.8. The third-order valence-corrected chi connectivity index (χ3v) is 4.70. The van der Waals surface area contributed by atoms with Gasteiger partial charge in [0, 0.05) is 37.4 Å². The van der Waals surface area contributed by atoms with Crippen LogP contribution in [0.15, 0.2) is 24.4 Å². The Hall–Kier alpha value is -1.95. The van der Waals surface area contributed by atoms with E-state index >= 15 is 0 Å². The Labute approximate surface area is 128 Å². The van der Waals surface area contributed by atoms with Crippen molar-refractivity contribution in [3.63, 3.8) is 0 Å². The van der Waals surface area contributed by atoms with E-state index in [2.05, 4.69) is 15.3 Å². The van der Waals surface area contributed by atoms with Gasteiger partial charge in [0.15, 0.2) is 5.13 Å². The van der Waals surface area contributed by atoms with E-state index < -0.39 is 0 Å². The molecule has 0 bridgehead atoms. The number of nitrogens with one attached hydrogen (secondary N) is 1. The van der Waals surface area contributed by atoms with Crippen LogP contribution in [0.5, 0.6) is 0 Å². The maximum atomic E-state index is 12.5. The molecular formula is C15H18N4OS. The minimum Gasteiger partial charge on any atom is -0.362 e. The zero-order valence-electron chi connectivity index (χ0n) is 12.2. The Morgan fingerprint density at radius 1 is 1.48 bits per heavy atom. The molecular weight excluding hydrogens is 284 g/mol. The molecule has 0 aromatic carbocycles. The molecule has 21 heavy (non-hydrogen) atoms. The number of hydrogen-bond acceptors (Lipinski definition) is 5.